The summed E-state index contributed by atoms with van der Waals surface area (Å²) in [7, 11) is 0. The zero-order valence-electron chi connectivity index (χ0n) is 4.92. The smallest absolute Gasteiger partial charge is 0.173 e. The molecule has 0 bridgehead atoms. The molecule has 0 atom stereocenters. The summed E-state index contributed by atoms with van der Waals surface area (Å²) < 4.78 is 0. The average Bonchev–Trinajstić information content (AvgIpc) is 1.90. The molecule has 1 heterocycles. The van der Waals surface area contributed by atoms with Crippen molar-refractivity contribution in [3.8, 4) is 0 Å². The molecule has 1 rings (SSSR count). The van der Waals surface area contributed by atoms with E-state index in [1.54, 1.807) is 0 Å². The molecular weight excluding hydrogens is 136 g/mol. The Bertz CT molecular complexity index is 155. The number of hydrogen-bond donors (Lipinski definition) is 2. The lowest BCUT2D eigenvalue weighted by molar-refractivity contribution is -0.116. The van der Waals surface area contributed by atoms with Crippen LogP contribution in [0.3, 0.4) is 0 Å². The molecule has 1 aliphatic heterocycles. The van der Waals surface area contributed by atoms with E-state index in [9.17, 15) is 4.79 Å². The fourth-order valence-electron chi connectivity index (χ4n) is 0.602. The van der Waals surface area contributed by atoms with Crippen LogP contribution in [0, 0.1) is 0 Å². The van der Waals surface area contributed by atoms with Gasteiger partial charge >= 0.3 is 0 Å². The van der Waals surface area contributed by atoms with E-state index >= 15 is 0 Å². The molecule has 0 amide bonds. The van der Waals surface area contributed by atoms with Crippen LogP contribution in [0.4, 0.5) is 0 Å². The Morgan fingerprint density at radius 2 is 2.56 bits per heavy atom. The highest BCUT2D eigenvalue weighted by molar-refractivity contribution is 7.81. The number of nitrogens with zero attached hydrogens (tertiary/aromatic N) is 1. The summed E-state index contributed by atoms with van der Waals surface area (Å²) in [5.41, 5.74) is 0. The molecule has 0 saturated heterocycles. The van der Waals surface area contributed by atoms with Crippen molar-refractivity contribution in [3.63, 3.8) is 0 Å². The van der Waals surface area contributed by atoms with Gasteiger partial charge in [-0.3, -0.25) is 9.79 Å². The van der Waals surface area contributed by atoms with E-state index in [2.05, 4.69) is 22.9 Å². The number of thiol groups is 1. The van der Waals surface area contributed by atoms with Crippen LogP contribution in [-0.4, -0.2) is 30.5 Å². The van der Waals surface area contributed by atoms with Crippen LogP contribution in [0.5, 0.6) is 0 Å². The fraction of sp³-hybridized carbons (Fsp3) is 0.600. The minimum absolute atomic E-state index is 0.139. The Morgan fingerprint density at radius 1 is 1.78 bits per heavy atom. The molecular formula is C5H8N2OS. The number of Topliss-reactive ketones (excluding diaryl/α,β-unsaturated/α-hetero) is 1. The minimum atomic E-state index is 0.139. The highest BCUT2D eigenvalue weighted by Gasteiger charge is 2.07. The topological polar surface area (TPSA) is 41.5 Å². The van der Waals surface area contributed by atoms with Crippen molar-refractivity contribution in [2.75, 3.05) is 18.8 Å². The van der Waals surface area contributed by atoms with E-state index in [-0.39, 0.29) is 5.78 Å². The van der Waals surface area contributed by atoms with Crippen LogP contribution < -0.4 is 5.32 Å². The molecule has 0 spiro atoms. The molecule has 0 unspecified atom stereocenters. The summed E-state index contributed by atoms with van der Waals surface area (Å²) in [6.07, 6.45) is 0. The van der Waals surface area contributed by atoms with Gasteiger partial charge in [-0.25, -0.2) is 0 Å². The maximum Gasteiger partial charge on any atom is 0.173 e. The molecule has 3 nitrogen and oxygen atoms in total. The second-order valence-corrected chi connectivity index (χ2v) is 2.13. The second-order valence-electron chi connectivity index (χ2n) is 1.81. The van der Waals surface area contributed by atoms with Crippen molar-refractivity contribution >= 4 is 24.2 Å². The van der Waals surface area contributed by atoms with Crippen molar-refractivity contribution in [2.24, 2.45) is 4.99 Å². The first-order valence-corrected chi connectivity index (χ1v) is 3.36. The van der Waals surface area contributed by atoms with Gasteiger partial charge < -0.3 is 5.32 Å². The minimum Gasteiger partial charge on any atom is -0.366 e. The summed E-state index contributed by atoms with van der Waals surface area (Å²) in [6.45, 7) is 0.738. The molecule has 4 heteroatoms. The molecule has 0 aliphatic carbocycles. The van der Waals surface area contributed by atoms with Crippen LogP contribution in [0.2, 0.25) is 0 Å². The number of ketones is 1. The van der Waals surface area contributed by atoms with Crippen LogP contribution in [0.1, 0.15) is 0 Å². The van der Waals surface area contributed by atoms with E-state index in [1.807, 2.05) is 0 Å². The lowest BCUT2D eigenvalue weighted by Gasteiger charge is -2.10. The molecule has 0 aromatic heterocycles. The predicted molar refractivity (Wildman–Crippen MR) is 39.2 cm³/mol. The highest BCUT2D eigenvalue weighted by atomic mass is 32.1. The number of amidine groups is 1. The average molecular weight is 144 g/mol. The standard InChI is InChI=1S/C5H8N2OS/c8-4-1-6-5(3-9)7-2-4/h9H,1-3H2,(H,6,7). The molecule has 9 heavy (non-hydrogen) atoms. The van der Waals surface area contributed by atoms with Crippen molar-refractivity contribution in [3.05, 3.63) is 0 Å². The van der Waals surface area contributed by atoms with E-state index in [0.29, 0.717) is 18.8 Å². The highest BCUT2D eigenvalue weighted by Crippen LogP contribution is 1.87. The molecule has 1 N–H and O–H groups in total. The normalized spacial score (nSPS) is 18.8. The van der Waals surface area contributed by atoms with Gasteiger partial charge in [0.25, 0.3) is 0 Å². The lowest BCUT2D eigenvalue weighted by Crippen LogP contribution is -2.36. The van der Waals surface area contributed by atoms with Crippen molar-refractivity contribution in [2.45, 2.75) is 0 Å². The predicted octanol–water partition coefficient (Wildman–Crippen LogP) is -0.513. The number of carbonyl (C=O) groups is 1. The summed E-state index contributed by atoms with van der Waals surface area (Å²) in [6, 6.07) is 0. The van der Waals surface area contributed by atoms with Gasteiger partial charge in [-0.2, -0.15) is 12.6 Å². The van der Waals surface area contributed by atoms with Gasteiger partial charge in [0.2, 0.25) is 0 Å². The maximum absolute atomic E-state index is 10.5. The Labute approximate surface area is 59.0 Å². The molecule has 1 aliphatic rings. The summed E-state index contributed by atoms with van der Waals surface area (Å²) in [4.78, 5) is 14.4. The third-order valence-corrected chi connectivity index (χ3v) is 1.39. The fourth-order valence-corrected chi connectivity index (χ4v) is 0.814. The van der Waals surface area contributed by atoms with Crippen LogP contribution in [0.15, 0.2) is 4.99 Å². The van der Waals surface area contributed by atoms with Gasteiger partial charge in [0.15, 0.2) is 5.78 Å². The van der Waals surface area contributed by atoms with Gasteiger partial charge in [0, 0.05) is 5.75 Å². The zero-order valence-corrected chi connectivity index (χ0v) is 5.82. The number of nitrogens with one attached hydrogen (secondary N) is 1. The Hall–Kier alpha value is -0.510. The van der Waals surface area contributed by atoms with E-state index < -0.39 is 0 Å². The summed E-state index contributed by atoms with van der Waals surface area (Å²) >= 11 is 3.99. The summed E-state index contributed by atoms with van der Waals surface area (Å²) in [5.74, 6) is 1.55. The van der Waals surface area contributed by atoms with Crippen molar-refractivity contribution in [1.29, 1.82) is 0 Å². The van der Waals surface area contributed by atoms with E-state index in [4.69, 9.17) is 0 Å². The number of aliphatic imine (C=N–C) groups is 1. The lowest BCUT2D eigenvalue weighted by atomic mass is 10.3. The van der Waals surface area contributed by atoms with Gasteiger partial charge in [-0.05, 0) is 0 Å². The van der Waals surface area contributed by atoms with Gasteiger partial charge in [0.05, 0.1) is 6.54 Å². The maximum atomic E-state index is 10.5. The molecule has 0 aromatic carbocycles. The van der Waals surface area contributed by atoms with E-state index in [0.717, 1.165) is 5.84 Å². The third kappa shape index (κ3) is 1.71. The quantitative estimate of drug-likeness (QED) is 0.486. The first kappa shape index (κ1) is 6.61. The molecule has 50 valence electrons. The molecule has 0 radical (unpaired) electrons. The molecule has 0 saturated carbocycles. The number of carbonyl (C=O) groups excluding carboxylic acids is 1. The Kier molecular flexibility index (Phi) is 2.10. The first-order valence-electron chi connectivity index (χ1n) is 2.72. The first-order chi connectivity index (χ1) is 4.33. The van der Waals surface area contributed by atoms with Crippen molar-refractivity contribution < 1.29 is 4.79 Å². The van der Waals surface area contributed by atoms with Crippen LogP contribution in [-0.2, 0) is 4.79 Å². The summed E-state index contributed by atoms with van der Waals surface area (Å²) in [5, 5.41) is 2.84. The third-order valence-electron chi connectivity index (χ3n) is 1.09. The van der Waals surface area contributed by atoms with E-state index in [1.165, 1.54) is 0 Å². The molecule has 0 aromatic rings. The van der Waals surface area contributed by atoms with Crippen molar-refractivity contribution in [1.82, 2.24) is 5.32 Å². The zero-order chi connectivity index (χ0) is 6.69. The molecule has 0 fully saturated rings. The van der Waals surface area contributed by atoms with Crippen LogP contribution in [0.25, 0.3) is 0 Å². The van der Waals surface area contributed by atoms with Crippen LogP contribution >= 0.6 is 12.6 Å². The number of hydrogen-bond acceptors (Lipinski definition) is 4. The Morgan fingerprint density at radius 3 is 3.00 bits per heavy atom. The Balaban J connectivity index is 2.50. The SMILES string of the molecule is O=C1CN=C(CS)NC1. The van der Waals surface area contributed by atoms with Gasteiger partial charge in [-0.1, -0.05) is 0 Å². The largest absolute Gasteiger partial charge is 0.366 e. The van der Waals surface area contributed by atoms with Gasteiger partial charge in [-0.15, -0.1) is 0 Å². The van der Waals surface area contributed by atoms with Gasteiger partial charge in [0.1, 0.15) is 12.4 Å². The monoisotopic (exact) mass is 144 g/mol. The number of rotatable bonds is 1. The second kappa shape index (κ2) is 2.87.